The van der Waals surface area contributed by atoms with Crippen LogP contribution in [0.2, 0.25) is 0 Å². The van der Waals surface area contributed by atoms with E-state index in [4.69, 9.17) is 0 Å². The third kappa shape index (κ3) is 3.06. The summed E-state index contributed by atoms with van der Waals surface area (Å²) >= 11 is 5.36. The largest absolute Gasteiger partial charge is 1.00 e. The van der Waals surface area contributed by atoms with E-state index in [0.717, 1.165) is 0 Å². The first-order valence-electron chi connectivity index (χ1n) is 6.14. The van der Waals surface area contributed by atoms with E-state index in [-0.39, 0.29) is 37.2 Å². The molecule has 112 valence electrons. The van der Waals surface area contributed by atoms with Crippen LogP contribution >= 0.6 is 15.9 Å². The van der Waals surface area contributed by atoms with E-state index in [1.807, 2.05) is 0 Å². The van der Waals surface area contributed by atoms with E-state index < -0.39 is 0 Å². The van der Waals surface area contributed by atoms with E-state index >= 15 is 0 Å². The molecule has 0 spiro atoms. The van der Waals surface area contributed by atoms with Crippen LogP contribution in [-0.4, -0.2) is 13.1 Å². The van der Waals surface area contributed by atoms with Crippen LogP contribution < -0.4 is 52.6 Å². The van der Waals surface area contributed by atoms with Gasteiger partial charge in [0.15, 0.2) is 0 Å². The topological polar surface area (TPSA) is 3.24 Å². The summed E-state index contributed by atoms with van der Waals surface area (Å²) < 4.78 is 2.78. The summed E-state index contributed by atoms with van der Waals surface area (Å²) in [6, 6.07) is 2.85. The molecule has 1 aromatic carbocycles. The summed E-state index contributed by atoms with van der Waals surface area (Å²) in [7, 11) is 2.19. The van der Waals surface area contributed by atoms with Crippen molar-refractivity contribution in [2.75, 3.05) is 11.9 Å². The molecule has 0 fully saturated rings. The second-order valence-electron chi connectivity index (χ2n) is 5.22. The maximum absolute atomic E-state index is 3.86. The molecule has 0 N–H and O–H groups in total. The summed E-state index contributed by atoms with van der Waals surface area (Å²) in [5.74, 6) is 0. The Morgan fingerprint density at radius 2 is 1.76 bits per heavy atom. The second-order valence-corrected chi connectivity index (χ2v) is 7.24. The van der Waals surface area contributed by atoms with Gasteiger partial charge < -0.3 is 37.2 Å². The molecule has 2 aliphatic rings. The summed E-state index contributed by atoms with van der Waals surface area (Å²) in [5, 5.41) is 2.78. The quantitative estimate of drug-likeness (QED) is 0.353. The van der Waals surface area contributed by atoms with E-state index in [0.29, 0.717) is 6.04 Å². The molecule has 1 aromatic rings. The number of fused-ring (bicyclic) bond motifs is 2. The van der Waals surface area contributed by atoms with Gasteiger partial charge in [-0.1, -0.05) is 0 Å². The summed E-state index contributed by atoms with van der Waals surface area (Å²) in [6.45, 7) is 6.74. The summed E-state index contributed by atoms with van der Waals surface area (Å²) in [5.41, 5.74) is 5.67. The number of hydrogen-bond acceptors (Lipinski definition) is 1. The Morgan fingerprint density at radius 1 is 1.19 bits per heavy atom. The molecule has 0 radical (unpaired) electrons. The maximum Gasteiger partial charge on any atom is -1.00 e. The fourth-order valence-corrected chi connectivity index (χ4v) is 5.12. The normalized spacial score (nSPS) is 18.3. The zero-order valence-corrected chi connectivity index (χ0v) is 18.5. The molecule has 1 aliphatic carbocycles. The van der Waals surface area contributed by atoms with Crippen LogP contribution in [0.15, 0.2) is 16.1 Å². The van der Waals surface area contributed by atoms with Gasteiger partial charge in [0.2, 0.25) is 0 Å². The van der Waals surface area contributed by atoms with Crippen LogP contribution in [0.5, 0.6) is 0 Å². The molecular weight excluding hydrogens is 472 g/mol. The molecule has 1 heterocycles. The number of allylic oxidation sites excluding steroid dienone is 1. The van der Waals surface area contributed by atoms with Gasteiger partial charge in [0.1, 0.15) is 0 Å². The Morgan fingerprint density at radius 3 is 2.33 bits per heavy atom. The molecule has 0 saturated heterocycles. The van der Waals surface area contributed by atoms with Crippen molar-refractivity contribution in [1.29, 1.82) is 0 Å². The van der Waals surface area contributed by atoms with Crippen LogP contribution in [0, 0.1) is 0 Å². The molecule has 1 nitrogen and oxygen atoms in total. The predicted octanol–water partition coefficient (Wildman–Crippen LogP) is -6.46. The third-order valence-electron chi connectivity index (χ3n) is 4.27. The molecule has 3 rings (SSSR count). The molecular formula is C15H15BrCl3NZr. The molecule has 1 aliphatic heterocycles. The van der Waals surface area contributed by atoms with Crippen LogP contribution in [0.1, 0.15) is 26.3 Å². The smallest absolute Gasteiger partial charge is 1.00 e. The first kappa shape index (κ1) is 21.7. The minimum Gasteiger partial charge on any atom is -1.00 e. The van der Waals surface area contributed by atoms with Crippen molar-refractivity contribution >= 4 is 36.5 Å². The first-order valence-corrected chi connectivity index (χ1v) is 8.16. The maximum atomic E-state index is 3.86. The molecule has 21 heavy (non-hydrogen) atoms. The van der Waals surface area contributed by atoms with E-state index in [1.54, 1.807) is 0 Å². The van der Waals surface area contributed by atoms with E-state index in [2.05, 4.69) is 60.8 Å². The fourth-order valence-electron chi connectivity index (χ4n) is 2.89. The SMILES string of the molecule is CC1=[C]([Zr+3])c2c(Br)c3c(cc2=C1)N(C)C(C)C=3C.[Cl-].[Cl-].[Cl-]. The number of rotatable bonds is 0. The van der Waals surface area contributed by atoms with E-state index in [1.165, 1.54) is 65.3 Å². The average Bonchev–Trinajstić information content (AvgIpc) is 2.72. The van der Waals surface area contributed by atoms with Gasteiger partial charge in [0.25, 0.3) is 0 Å². The van der Waals surface area contributed by atoms with Crippen molar-refractivity contribution in [3.63, 3.8) is 0 Å². The Bertz CT molecular complexity index is 727. The third-order valence-corrected chi connectivity index (χ3v) is 6.65. The molecule has 6 heteroatoms. The van der Waals surface area contributed by atoms with Gasteiger partial charge >= 0.3 is 132 Å². The first-order chi connectivity index (χ1) is 8.43. The number of halogens is 4. The van der Waals surface area contributed by atoms with Crippen molar-refractivity contribution in [2.45, 2.75) is 26.8 Å². The molecule has 0 saturated carbocycles. The number of hydrogen-bond donors (Lipinski definition) is 0. The second kappa shape index (κ2) is 7.53. The minimum absolute atomic E-state index is 0. The minimum atomic E-state index is 0. The van der Waals surface area contributed by atoms with Gasteiger partial charge in [-0.15, -0.1) is 0 Å². The summed E-state index contributed by atoms with van der Waals surface area (Å²) in [6.07, 6.45) is 2.32. The van der Waals surface area contributed by atoms with Crippen LogP contribution in [-0.2, 0) is 24.7 Å². The molecule has 1 atom stereocenters. The monoisotopic (exact) mass is 483 g/mol. The van der Waals surface area contributed by atoms with Gasteiger partial charge in [0, 0.05) is 0 Å². The zero-order valence-electron chi connectivity index (χ0n) is 12.2. The van der Waals surface area contributed by atoms with Crippen molar-refractivity contribution in [2.24, 2.45) is 0 Å². The zero-order chi connectivity index (χ0) is 13.2. The predicted molar refractivity (Wildman–Crippen MR) is 77.4 cm³/mol. The van der Waals surface area contributed by atoms with Crippen molar-refractivity contribution in [1.82, 2.24) is 0 Å². The van der Waals surface area contributed by atoms with Crippen LogP contribution in [0.4, 0.5) is 5.69 Å². The van der Waals surface area contributed by atoms with Gasteiger partial charge in [-0.25, -0.2) is 0 Å². The Kier molecular flexibility index (Phi) is 7.80. The van der Waals surface area contributed by atoms with Gasteiger partial charge in [0.05, 0.1) is 0 Å². The molecule has 0 aromatic heterocycles. The van der Waals surface area contributed by atoms with Crippen molar-refractivity contribution in [3.05, 3.63) is 32.1 Å². The van der Waals surface area contributed by atoms with E-state index in [9.17, 15) is 0 Å². The Labute approximate surface area is 168 Å². The number of anilines is 1. The fraction of sp³-hybridized carbons (Fsp3) is 0.333. The number of nitrogens with zero attached hydrogens (tertiary/aromatic N) is 1. The van der Waals surface area contributed by atoms with Gasteiger partial charge in [-0.2, -0.15) is 0 Å². The summed E-state index contributed by atoms with van der Waals surface area (Å²) in [4.78, 5) is 2.37. The number of benzene rings is 1. The van der Waals surface area contributed by atoms with Gasteiger partial charge in [-0.3, -0.25) is 0 Å². The molecule has 0 bridgehead atoms. The molecule has 0 amide bonds. The Balaban J connectivity index is 0.00000133. The standard InChI is InChI=1S/C15H15BrN.3ClH.Zr/c1-8-5-11-7-13-14(15(16)12(11)6-8)9(2)10(3)17(13)4;;;;/h5,7,10H,1-4H3;3*1H;/q;;;;+3/p-3. The average molecular weight is 487 g/mol. The van der Waals surface area contributed by atoms with Crippen molar-refractivity contribution < 1.29 is 61.9 Å². The molecule has 1 unspecified atom stereocenters. The van der Waals surface area contributed by atoms with Crippen LogP contribution in [0.25, 0.3) is 14.9 Å². The van der Waals surface area contributed by atoms with Gasteiger partial charge in [-0.05, 0) is 0 Å². The van der Waals surface area contributed by atoms with Crippen molar-refractivity contribution in [3.8, 4) is 0 Å². The van der Waals surface area contributed by atoms with Crippen LogP contribution in [0.3, 0.4) is 0 Å². The Hall–Kier alpha value is 0.733.